The molecule has 0 aromatic heterocycles. The lowest BCUT2D eigenvalue weighted by atomic mass is 10.4. The maximum Gasteiger partial charge on any atom is 0.167 e. The summed E-state index contributed by atoms with van der Waals surface area (Å²) < 4.78 is 0.791. The van der Waals surface area contributed by atoms with Crippen molar-refractivity contribution in [3.05, 3.63) is 9.64 Å². The predicted octanol–water partition coefficient (Wildman–Crippen LogP) is 1.78. The van der Waals surface area contributed by atoms with E-state index in [4.69, 9.17) is 11.6 Å². The SMILES string of the molecule is CC1=N[N]C(Cl)=C1Br. The van der Waals surface area contributed by atoms with Crippen LogP contribution in [0.2, 0.25) is 0 Å². The molecule has 1 aliphatic heterocycles. The van der Waals surface area contributed by atoms with Crippen LogP contribution in [0.3, 0.4) is 0 Å². The molecule has 8 heavy (non-hydrogen) atoms. The van der Waals surface area contributed by atoms with Gasteiger partial charge in [0.05, 0.1) is 10.2 Å². The van der Waals surface area contributed by atoms with E-state index < -0.39 is 0 Å². The summed E-state index contributed by atoms with van der Waals surface area (Å²) in [6, 6.07) is 0. The second kappa shape index (κ2) is 2.07. The molecule has 43 valence electrons. The van der Waals surface area contributed by atoms with Gasteiger partial charge < -0.3 is 0 Å². The van der Waals surface area contributed by atoms with Crippen LogP contribution >= 0.6 is 27.5 Å². The van der Waals surface area contributed by atoms with Gasteiger partial charge >= 0.3 is 0 Å². The van der Waals surface area contributed by atoms with Crippen LogP contribution in [0.4, 0.5) is 0 Å². The van der Waals surface area contributed by atoms with Gasteiger partial charge in [-0.05, 0) is 22.9 Å². The standard InChI is InChI=1S/C4H3BrClN2/c1-2-3(5)4(6)8-7-2/h1H3. The molecule has 1 rings (SSSR count). The van der Waals surface area contributed by atoms with Crippen LogP contribution < -0.4 is 5.43 Å². The van der Waals surface area contributed by atoms with Gasteiger partial charge in [0.15, 0.2) is 5.16 Å². The van der Waals surface area contributed by atoms with E-state index in [2.05, 4.69) is 26.5 Å². The Morgan fingerprint density at radius 3 is 2.38 bits per heavy atom. The van der Waals surface area contributed by atoms with Crippen LogP contribution in [0.15, 0.2) is 14.7 Å². The quantitative estimate of drug-likeness (QED) is 0.526. The van der Waals surface area contributed by atoms with Gasteiger partial charge in [-0.1, -0.05) is 11.6 Å². The molecule has 0 atom stereocenters. The average molecular weight is 194 g/mol. The van der Waals surface area contributed by atoms with Gasteiger partial charge in [-0.2, -0.15) is 5.10 Å². The maximum absolute atomic E-state index is 5.51. The highest BCUT2D eigenvalue weighted by atomic mass is 79.9. The van der Waals surface area contributed by atoms with E-state index in [1.54, 1.807) is 0 Å². The van der Waals surface area contributed by atoms with Crippen LogP contribution in [0, 0.1) is 0 Å². The van der Waals surface area contributed by atoms with Gasteiger partial charge in [0.2, 0.25) is 0 Å². The van der Waals surface area contributed by atoms with E-state index in [1.165, 1.54) is 0 Å². The van der Waals surface area contributed by atoms with Crippen LogP contribution in [0.5, 0.6) is 0 Å². The number of hydrogen-bond acceptors (Lipinski definition) is 1. The van der Waals surface area contributed by atoms with Crippen molar-refractivity contribution in [2.75, 3.05) is 0 Å². The lowest BCUT2D eigenvalue weighted by Gasteiger charge is -1.82. The normalized spacial score (nSPS) is 18.6. The second-order valence-electron chi connectivity index (χ2n) is 1.39. The van der Waals surface area contributed by atoms with Gasteiger partial charge in [0.1, 0.15) is 0 Å². The highest BCUT2D eigenvalue weighted by molar-refractivity contribution is 9.12. The minimum Gasteiger partial charge on any atom is -0.153 e. The summed E-state index contributed by atoms with van der Waals surface area (Å²) in [5.74, 6) is 0. The lowest BCUT2D eigenvalue weighted by molar-refractivity contribution is 0.949. The van der Waals surface area contributed by atoms with Crippen molar-refractivity contribution in [2.24, 2.45) is 5.10 Å². The molecule has 2 nitrogen and oxygen atoms in total. The van der Waals surface area contributed by atoms with Crippen LogP contribution in [0.1, 0.15) is 6.92 Å². The fraction of sp³-hybridized carbons (Fsp3) is 0.250. The summed E-state index contributed by atoms with van der Waals surface area (Å²) in [6.07, 6.45) is 0. The molecule has 0 saturated heterocycles. The number of hydrogen-bond donors (Lipinski definition) is 0. The van der Waals surface area contributed by atoms with Crippen molar-refractivity contribution in [2.45, 2.75) is 6.92 Å². The number of allylic oxidation sites excluding steroid dienone is 1. The Labute approximate surface area is 60.7 Å². The molecule has 0 aromatic rings. The molecular weight excluding hydrogens is 191 g/mol. The molecule has 0 amide bonds. The second-order valence-corrected chi connectivity index (χ2v) is 2.54. The molecule has 0 aliphatic carbocycles. The van der Waals surface area contributed by atoms with Crippen molar-refractivity contribution in [1.29, 1.82) is 0 Å². The van der Waals surface area contributed by atoms with Crippen molar-refractivity contribution in [3.63, 3.8) is 0 Å². The van der Waals surface area contributed by atoms with Crippen LogP contribution in [-0.4, -0.2) is 5.71 Å². The highest BCUT2D eigenvalue weighted by Gasteiger charge is 2.11. The molecule has 0 saturated carbocycles. The smallest absolute Gasteiger partial charge is 0.153 e. The third-order valence-electron chi connectivity index (χ3n) is 0.787. The zero-order valence-corrected chi connectivity index (χ0v) is 6.49. The summed E-state index contributed by atoms with van der Waals surface area (Å²) in [5.41, 5.74) is 4.41. The minimum absolute atomic E-state index is 0.433. The van der Waals surface area contributed by atoms with Crippen LogP contribution in [0.25, 0.3) is 0 Å². The molecule has 0 N–H and O–H groups in total. The Morgan fingerprint density at radius 1 is 1.62 bits per heavy atom. The Bertz CT molecular complexity index is 167. The van der Waals surface area contributed by atoms with Gasteiger partial charge in [-0.15, -0.1) is 5.43 Å². The Morgan fingerprint density at radius 2 is 2.25 bits per heavy atom. The summed E-state index contributed by atoms with van der Waals surface area (Å²) in [5, 5.41) is 4.12. The Balaban J connectivity index is 2.88. The molecule has 0 unspecified atom stereocenters. The third-order valence-corrected chi connectivity index (χ3v) is 2.23. The Kier molecular flexibility index (Phi) is 1.58. The maximum atomic E-state index is 5.51. The molecule has 0 bridgehead atoms. The molecule has 4 heteroatoms. The van der Waals surface area contributed by atoms with Gasteiger partial charge in [-0.3, -0.25) is 0 Å². The summed E-state index contributed by atoms with van der Waals surface area (Å²) in [7, 11) is 0. The molecular formula is C4H3BrClN2. The summed E-state index contributed by atoms with van der Waals surface area (Å²) in [4.78, 5) is 0. The molecule has 1 aliphatic rings. The summed E-state index contributed by atoms with van der Waals surface area (Å²) >= 11 is 8.70. The van der Waals surface area contributed by atoms with E-state index in [-0.39, 0.29) is 0 Å². The molecule has 0 aromatic carbocycles. The monoisotopic (exact) mass is 193 g/mol. The van der Waals surface area contributed by atoms with Crippen molar-refractivity contribution in [1.82, 2.24) is 5.43 Å². The fourth-order valence-corrected chi connectivity index (χ4v) is 0.689. The fourth-order valence-electron chi connectivity index (χ4n) is 0.356. The topological polar surface area (TPSA) is 26.5 Å². The van der Waals surface area contributed by atoms with Crippen molar-refractivity contribution < 1.29 is 0 Å². The van der Waals surface area contributed by atoms with Gasteiger partial charge in [0, 0.05) is 0 Å². The predicted molar refractivity (Wildman–Crippen MR) is 37.0 cm³/mol. The lowest BCUT2D eigenvalue weighted by Crippen LogP contribution is -1.82. The van der Waals surface area contributed by atoms with E-state index in [0.29, 0.717) is 5.16 Å². The van der Waals surface area contributed by atoms with Crippen molar-refractivity contribution in [3.8, 4) is 0 Å². The number of rotatable bonds is 0. The number of nitrogens with zero attached hydrogens (tertiary/aromatic N) is 2. The Hall–Kier alpha value is -0.0200. The average Bonchev–Trinajstić information content (AvgIpc) is 1.98. The molecule has 1 radical (unpaired) electrons. The van der Waals surface area contributed by atoms with E-state index in [1.807, 2.05) is 6.92 Å². The highest BCUT2D eigenvalue weighted by Crippen LogP contribution is 2.20. The van der Waals surface area contributed by atoms with Gasteiger partial charge in [0.25, 0.3) is 0 Å². The van der Waals surface area contributed by atoms with Gasteiger partial charge in [-0.25, -0.2) is 0 Å². The van der Waals surface area contributed by atoms with E-state index >= 15 is 0 Å². The van der Waals surface area contributed by atoms with E-state index in [9.17, 15) is 0 Å². The molecule has 0 spiro atoms. The zero-order chi connectivity index (χ0) is 6.15. The summed E-state index contributed by atoms with van der Waals surface area (Å²) in [6.45, 7) is 1.84. The first-order chi connectivity index (χ1) is 3.72. The molecule has 0 fully saturated rings. The van der Waals surface area contributed by atoms with Crippen LogP contribution in [-0.2, 0) is 0 Å². The van der Waals surface area contributed by atoms with Crippen molar-refractivity contribution >= 4 is 33.2 Å². The first-order valence-electron chi connectivity index (χ1n) is 2.03. The third kappa shape index (κ3) is 0.880. The van der Waals surface area contributed by atoms with E-state index in [0.717, 1.165) is 10.2 Å². The molecule has 1 heterocycles. The first-order valence-corrected chi connectivity index (χ1v) is 3.20. The largest absolute Gasteiger partial charge is 0.167 e. The first kappa shape index (κ1) is 6.11. The number of halogens is 2. The minimum atomic E-state index is 0.433. The zero-order valence-electron chi connectivity index (χ0n) is 4.15.